The molecule has 0 radical (unpaired) electrons. The number of carbonyl (C=O) groups excluding carboxylic acids is 1. The molecule has 1 atom stereocenters. The van der Waals surface area contributed by atoms with Crippen molar-refractivity contribution in [3.05, 3.63) is 57.0 Å². The summed E-state index contributed by atoms with van der Waals surface area (Å²) in [7, 11) is 4.49. The highest BCUT2D eigenvalue weighted by molar-refractivity contribution is 5.99. The zero-order valence-electron chi connectivity index (χ0n) is 14.4. The Morgan fingerprint density at radius 3 is 2.36 bits per heavy atom. The zero-order chi connectivity index (χ0) is 18.3. The van der Waals surface area contributed by atoms with Gasteiger partial charge >= 0.3 is 5.69 Å². The number of nitrogens with zero attached hydrogens (tertiary/aromatic N) is 4. The molecule has 0 aliphatic rings. The molecule has 0 spiro atoms. The van der Waals surface area contributed by atoms with Crippen molar-refractivity contribution in [1.29, 1.82) is 0 Å². The predicted octanol–water partition coefficient (Wildman–Crippen LogP) is 0.886. The monoisotopic (exact) mass is 342 g/mol. The average Bonchev–Trinajstić information content (AvgIpc) is 3.08. The molecule has 1 unspecified atom stereocenters. The van der Waals surface area contributed by atoms with E-state index in [1.807, 2.05) is 0 Å². The van der Waals surface area contributed by atoms with Crippen molar-refractivity contribution in [2.45, 2.75) is 13.0 Å². The third-order valence-electron chi connectivity index (χ3n) is 4.34. The highest BCUT2D eigenvalue weighted by Gasteiger charge is 2.22. The first kappa shape index (κ1) is 16.7. The van der Waals surface area contributed by atoms with Crippen molar-refractivity contribution in [1.82, 2.24) is 18.7 Å². The van der Waals surface area contributed by atoms with Gasteiger partial charge in [0.15, 0.2) is 16.9 Å². The number of ketones is 1. The van der Waals surface area contributed by atoms with Crippen molar-refractivity contribution < 1.29 is 9.53 Å². The Bertz CT molecular complexity index is 1070. The van der Waals surface area contributed by atoms with Gasteiger partial charge in [-0.05, 0) is 31.2 Å². The fourth-order valence-electron chi connectivity index (χ4n) is 2.78. The van der Waals surface area contributed by atoms with Crippen LogP contribution in [0.1, 0.15) is 23.3 Å². The van der Waals surface area contributed by atoms with E-state index >= 15 is 0 Å². The molecule has 2 heterocycles. The number of fused-ring (bicyclic) bond motifs is 1. The molecule has 25 heavy (non-hydrogen) atoms. The normalized spacial score (nSPS) is 12.3. The zero-order valence-corrected chi connectivity index (χ0v) is 14.4. The number of benzene rings is 1. The number of methoxy groups -OCH3 is 1. The summed E-state index contributed by atoms with van der Waals surface area (Å²) >= 11 is 0. The number of Topliss-reactive ketones (excluding diaryl/α,β-unsaturated/α-hetero) is 1. The molecular weight excluding hydrogens is 324 g/mol. The lowest BCUT2D eigenvalue weighted by molar-refractivity contribution is 0.0936. The number of hydrogen-bond donors (Lipinski definition) is 0. The summed E-state index contributed by atoms with van der Waals surface area (Å²) in [5, 5.41) is 0. The average molecular weight is 342 g/mol. The summed E-state index contributed by atoms with van der Waals surface area (Å²) in [6, 6.07) is 6.10. The van der Waals surface area contributed by atoms with Crippen LogP contribution < -0.4 is 16.0 Å². The lowest BCUT2D eigenvalue weighted by Crippen LogP contribution is -2.38. The summed E-state index contributed by atoms with van der Waals surface area (Å²) in [5.41, 5.74) is 0.0279. The molecule has 3 aromatic rings. The number of rotatable bonds is 4. The second-order valence-corrected chi connectivity index (χ2v) is 5.80. The van der Waals surface area contributed by atoms with Gasteiger partial charge in [-0.2, -0.15) is 0 Å². The summed E-state index contributed by atoms with van der Waals surface area (Å²) < 4.78 is 8.89. The van der Waals surface area contributed by atoms with Crippen molar-refractivity contribution in [3.8, 4) is 5.75 Å². The van der Waals surface area contributed by atoms with E-state index in [-0.39, 0.29) is 16.9 Å². The molecule has 0 aliphatic heterocycles. The second kappa shape index (κ2) is 6.04. The standard InChI is InChI=1S/C17H18N4O4/c1-10(14(22)11-5-7-12(25-4)8-6-11)21-9-18-15-13(21)16(23)20(3)17(24)19(15)2/h5-10H,1-4H3. The Morgan fingerprint density at radius 2 is 1.76 bits per heavy atom. The molecule has 0 aliphatic carbocycles. The predicted molar refractivity (Wildman–Crippen MR) is 92.3 cm³/mol. The van der Waals surface area contributed by atoms with Gasteiger partial charge in [0.2, 0.25) is 0 Å². The maximum Gasteiger partial charge on any atom is 0.332 e. The van der Waals surface area contributed by atoms with E-state index in [9.17, 15) is 14.4 Å². The maximum absolute atomic E-state index is 12.8. The van der Waals surface area contributed by atoms with Crippen LogP contribution >= 0.6 is 0 Å². The van der Waals surface area contributed by atoms with E-state index in [0.29, 0.717) is 11.3 Å². The molecule has 0 N–H and O–H groups in total. The molecule has 0 bridgehead atoms. The van der Waals surface area contributed by atoms with Gasteiger partial charge in [-0.25, -0.2) is 9.78 Å². The first-order valence-corrected chi connectivity index (χ1v) is 7.67. The van der Waals surface area contributed by atoms with Gasteiger partial charge in [0.1, 0.15) is 5.75 Å². The van der Waals surface area contributed by atoms with Crippen LogP contribution in [0.5, 0.6) is 5.75 Å². The van der Waals surface area contributed by atoms with E-state index in [1.54, 1.807) is 38.3 Å². The first-order valence-electron chi connectivity index (χ1n) is 7.67. The van der Waals surface area contributed by atoms with Crippen LogP contribution in [0.3, 0.4) is 0 Å². The summed E-state index contributed by atoms with van der Waals surface area (Å²) in [5.74, 6) is 0.485. The van der Waals surface area contributed by atoms with E-state index < -0.39 is 17.3 Å². The van der Waals surface area contributed by atoms with E-state index in [4.69, 9.17) is 4.74 Å². The number of imidazole rings is 1. The van der Waals surface area contributed by atoms with Crippen molar-refractivity contribution in [3.63, 3.8) is 0 Å². The summed E-state index contributed by atoms with van der Waals surface area (Å²) in [6.07, 6.45) is 1.41. The molecule has 0 fully saturated rings. The third kappa shape index (κ3) is 2.55. The van der Waals surface area contributed by atoms with Crippen LogP contribution in [0.2, 0.25) is 0 Å². The number of ether oxygens (including phenoxy) is 1. The molecule has 0 saturated heterocycles. The fraction of sp³-hybridized carbons (Fsp3) is 0.294. The molecule has 3 rings (SSSR count). The Morgan fingerprint density at radius 1 is 1.12 bits per heavy atom. The highest BCUT2D eigenvalue weighted by Crippen LogP contribution is 2.20. The lowest BCUT2D eigenvalue weighted by Gasteiger charge is -2.14. The second-order valence-electron chi connectivity index (χ2n) is 5.80. The van der Waals surface area contributed by atoms with Gasteiger partial charge in [-0.1, -0.05) is 0 Å². The largest absolute Gasteiger partial charge is 0.497 e. The number of aromatic nitrogens is 4. The van der Waals surface area contributed by atoms with Gasteiger partial charge in [0.25, 0.3) is 5.56 Å². The Balaban J connectivity index is 2.11. The Hall–Kier alpha value is -3.16. The molecule has 8 nitrogen and oxygen atoms in total. The maximum atomic E-state index is 12.8. The van der Waals surface area contributed by atoms with Crippen LogP contribution in [-0.4, -0.2) is 31.6 Å². The van der Waals surface area contributed by atoms with E-state index in [1.165, 1.54) is 29.6 Å². The molecule has 130 valence electrons. The topological polar surface area (TPSA) is 88.1 Å². The molecule has 0 amide bonds. The van der Waals surface area contributed by atoms with Crippen molar-refractivity contribution in [2.75, 3.05) is 7.11 Å². The lowest BCUT2D eigenvalue weighted by atomic mass is 10.1. The quantitative estimate of drug-likeness (QED) is 0.657. The van der Waals surface area contributed by atoms with Crippen molar-refractivity contribution in [2.24, 2.45) is 14.1 Å². The molecule has 2 aromatic heterocycles. The minimum Gasteiger partial charge on any atom is -0.497 e. The number of hydrogen-bond acceptors (Lipinski definition) is 5. The third-order valence-corrected chi connectivity index (χ3v) is 4.34. The van der Waals surface area contributed by atoms with Crippen molar-refractivity contribution >= 4 is 16.9 Å². The van der Waals surface area contributed by atoms with Gasteiger partial charge in [-0.3, -0.25) is 18.7 Å². The summed E-state index contributed by atoms with van der Waals surface area (Å²) in [4.78, 5) is 41.4. The molecule has 8 heteroatoms. The molecule has 0 saturated carbocycles. The Kier molecular flexibility index (Phi) is 4.03. The smallest absolute Gasteiger partial charge is 0.332 e. The van der Waals surface area contributed by atoms with Crippen LogP contribution in [0.4, 0.5) is 0 Å². The SMILES string of the molecule is COc1ccc(C(=O)C(C)n2cnc3c2c(=O)n(C)c(=O)n3C)cc1. The number of aryl methyl sites for hydroxylation is 1. The molecule has 1 aromatic carbocycles. The highest BCUT2D eigenvalue weighted by atomic mass is 16.5. The first-order chi connectivity index (χ1) is 11.9. The fourth-order valence-corrected chi connectivity index (χ4v) is 2.78. The minimum atomic E-state index is -0.649. The van der Waals surface area contributed by atoms with Crippen LogP contribution in [0, 0.1) is 0 Å². The van der Waals surface area contributed by atoms with Gasteiger partial charge in [0.05, 0.1) is 19.5 Å². The summed E-state index contributed by atoms with van der Waals surface area (Å²) in [6.45, 7) is 1.69. The Labute approximate surface area is 142 Å². The van der Waals surface area contributed by atoms with Crippen LogP contribution in [-0.2, 0) is 14.1 Å². The van der Waals surface area contributed by atoms with Crippen LogP contribution in [0.25, 0.3) is 11.2 Å². The van der Waals surface area contributed by atoms with E-state index in [2.05, 4.69) is 4.98 Å². The van der Waals surface area contributed by atoms with Crippen LogP contribution in [0.15, 0.2) is 40.2 Å². The number of carbonyl (C=O) groups is 1. The molecular formula is C17H18N4O4. The van der Waals surface area contributed by atoms with Gasteiger partial charge in [-0.15, -0.1) is 0 Å². The van der Waals surface area contributed by atoms with Gasteiger partial charge < -0.3 is 9.30 Å². The van der Waals surface area contributed by atoms with Gasteiger partial charge in [0, 0.05) is 19.7 Å². The van der Waals surface area contributed by atoms with E-state index in [0.717, 1.165) is 4.57 Å². The minimum absolute atomic E-state index is 0.169.